The van der Waals surface area contributed by atoms with Crippen LogP contribution in [0.2, 0.25) is 0 Å². The molecule has 0 aliphatic rings. The monoisotopic (exact) mass is 476 g/mol. The van der Waals surface area contributed by atoms with Crippen molar-refractivity contribution in [3.63, 3.8) is 0 Å². The fraction of sp³-hybridized carbons (Fsp3) is 0.588. The van der Waals surface area contributed by atoms with Gasteiger partial charge in [-0.2, -0.15) is 0 Å². The van der Waals surface area contributed by atoms with E-state index in [4.69, 9.17) is 4.74 Å². The van der Waals surface area contributed by atoms with Gasteiger partial charge in [0.2, 0.25) is 0 Å². The Morgan fingerprint density at radius 3 is 1.40 bits per heavy atom. The van der Waals surface area contributed by atoms with E-state index in [-0.39, 0.29) is 5.41 Å². The molecule has 0 unspecified atom stereocenters. The Balaban J connectivity index is 1.52. The summed E-state index contributed by atoms with van der Waals surface area (Å²) in [7, 11) is 0. The molecule has 2 aromatic carbocycles. The van der Waals surface area contributed by atoms with Gasteiger partial charge in [0, 0.05) is 18.6 Å². The number of benzene rings is 2. The highest BCUT2D eigenvalue weighted by Crippen LogP contribution is 2.38. The van der Waals surface area contributed by atoms with Gasteiger partial charge in [-0.15, -0.1) is 6.58 Å². The normalized spacial score (nSPS) is 11.6. The van der Waals surface area contributed by atoms with Crippen molar-refractivity contribution in [2.45, 2.75) is 115 Å². The third-order valence-corrected chi connectivity index (χ3v) is 7.43. The maximum absolute atomic E-state index is 5.85. The summed E-state index contributed by atoms with van der Waals surface area (Å²) in [6, 6.07) is 21.8. The average molecular weight is 477 g/mol. The van der Waals surface area contributed by atoms with E-state index in [9.17, 15) is 0 Å². The third kappa shape index (κ3) is 11.6. The number of hydrogen-bond donors (Lipinski definition) is 0. The Labute approximate surface area is 217 Å². The lowest BCUT2D eigenvalue weighted by Gasteiger charge is -2.32. The maximum Gasteiger partial charge on any atom is 0.0466 e. The smallest absolute Gasteiger partial charge is 0.0466 e. The van der Waals surface area contributed by atoms with Crippen molar-refractivity contribution >= 4 is 0 Å². The lowest BCUT2D eigenvalue weighted by Crippen LogP contribution is -2.25. The fourth-order valence-electron chi connectivity index (χ4n) is 5.20. The Kier molecular flexibility index (Phi) is 16.2. The molecule has 0 saturated carbocycles. The number of ether oxygens (including phenoxy) is 1. The van der Waals surface area contributed by atoms with Crippen LogP contribution < -0.4 is 0 Å². The van der Waals surface area contributed by atoms with E-state index < -0.39 is 0 Å². The molecule has 2 aromatic rings. The lowest BCUT2D eigenvalue weighted by atomic mass is 9.71. The van der Waals surface area contributed by atoms with E-state index in [2.05, 4.69) is 80.2 Å². The third-order valence-electron chi connectivity index (χ3n) is 7.43. The predicted octanol–water partition coefficient (Wildman–Crippen LogP) is 10.4. The molecule has 0 spiro atoms. The number of allylic oxidation sites excluding steroid dienone is 1. The molecule has 0 aliphatic heterocycles. The van der Waals surface area contributed by atoms with Gasteiger partial charge in [-0.3, -0.25) is 0 Å². The zero-order valence-electron chi connectivity index (χ0n) is 22.7. The molecule has 0 radical (unpaired) electrons. The summed E-state index contributed by atoms with van der Waals surface area (Å²) >= 11 is 0. The van der Waals surface area contributed by atoms with Gasteiger partial charge in [-0.25, -0.2) is 0 Å². The molecule has 1 heteroatoms. The first-order valence-corrected chi connectivity index (χ1v) is 14.7. The first-order valence-electron chi connectivity index (χ1n) is 14.7. The van der Waals surface area contributed by atoms with Crippen molar-refractivity contribution in [2.75, 3.05) is 13.2 Å². The molecule has 0 N–H and O–H groups in total. The highest BCUT2D eigenvalue weighted by atomic mass is 16.5. The number of unbranched alkanes of at least 4 members (excludes halogenated alkanes) is 13. The molecule has 0 fully saturated rings. The van der Waals surface area contributed by atoms with Crippen LogP contribution in [0.25, 0.3) is 0 Å². The van der Waals surface area contributed by atoms with E-state index >= 15 is 0 Å². The largest absolute Gasteiger partial charge is 0.381 e. The van der Waals surface area contributed by atoms with Crippen LogP contribution in [0.1, 0.15) is 121 Å². The van der Waals surface area contributed by atoms with Crippen LogP contribution in [0.4, 0.5) is 0 Å². The second-order valence-electron chi connectivity index (χ2n) is 10.2. The molecule has 0 heterocycles. The quantitative estimate of drug-likeness (QED) is 0.121. The number of hydrogen-bond acceptors (Lipinski definition) is 1. The summed E-state index contributed by atoms with van der Waals surface area (Å²) in [4.78, 5) is 0. The van der Waals surface area contributed by atoms with Crippen molar-refractivity contribution in [1.82, 2.24) is 0 Å². The Hall–Kier alpha value is -1.86. The minimum atomic E-state index is -0.0884. The summed E-state index contributed by atoms with van der Waals surface area (Å²) < 4.78 is 5.85. The van der Waals surface area contributed by atoms with E-state index in [1.165, 1.54) is 107 Å². The van der Waals surface area contributed by atoms with Crippen molar-refractivity contribution in [3.05, 3.63) is 84.4 Å². The first kappa shape index (κ1) is 29.4. The van der Waals surface area contributed by atoms with Crippen LogP contribution in [-0.2, 0) is 10.2 Å². The standard InChI is InChI=1S/C34H52O/c1-3-5-6-7-8-11-14-23-30-35-31-24-15-12-9-10-13-22-29-34(4-2,32-25-18-16-19-26-32)33-27-20-17-21-28-33/h4,16-21,25-28H,2-3,5-15,22-24,29-31H2,1H3. The molecule has 0 atom stereocenters. The highest BCUT2D eigenvalue weighted by Gasteiger charge is 2.30. The zero-order valence-corrected chi connectivity index (χ0v) is 22.7. The minimum Gasteiger partial charge on any atom is -0.381 e. The van der Waals surface area contributed by atoms with E-state index in [1.54, 1.807) is 0 Å². The maximum atomic E-state index is 5.85. The molecule has 35 heavy (non-hydrogen) atoms. The summed E-state index contributed by atoms with van der Waals surface area (Å²) in [6.07, 6.45) is 23.3. The van der Waals surface area contributed by atoms with Gasteiger partial charge in [-0.1, -0.05) is 157 Å². The van der Waals surface area contributed by atoms with Gasteiger partial charge < -0.3 is 4.74 Å². The summed E-state index contributed by atoms with van der Waals surface area (Å²) in [6.45, 7) is 8.47. The molecule has 194 valence electrons. The zero-order chi connectivity index (χ0) is 24.9. The van der Waals surface area contributed by atoms with Gasteiger partial charge >= 0.3 is 0 Å². The van der Waals surface area contributed by atoms with Gasteiger partial charge in [0.1, 0.15) is 0 Å². The van der Waals surface area contributed by atoms with Gasteiger partial charge in [0.25, 0.3) is 0 Å². The van der Waals surface area contributed by atoms with Gasteiger partial charge in [0.05, 0.1) is 0 Å². The Morgan fingerprint density at radius 2 is 0.971 bits per heavy atom. The van der Waals surface area contributed by atoms with Crippen molar-refractivity contribution in [3.8, 4) is 0 Å². The molecule has 0 aliphatic carbocycles. The van der Waals surface area contributed by atoms with Gasteiger partial charge in [-0.05, 0) is 30.4 Å². The summed E-state index contributed by atoms with van der Waals surface area (Å²) in [5.74, 6) is 0. The van der Waals surface area contributed by atoms with Crippen LogP contribution in [0, 0.1) is 0 Å². The van der Waals surface area contributed by atoms with E-state index in [0.29, 0.717) is 0 Å². The number of rotatable bonds is 22. The van der Waals surface area contributed by atoms with Gasteiger partial charge in [0.15, 0.2) is 0 Å². The molecule has 0 aromatic heterocycles. The molecular formula is C34H52O. The van der Waals surface area contributed by atoms with Crippen LogP contribution in [0.15, 0.2) is 73.3 Å². The Morgan fingerprint density at radius 1 is 0.571 bits per heavy atom. The van der Waals surface area contributed by atoms with E-state index in [1.807, 2.05) is 0 Å². The molecule has 0 amide bonds. The second-order valence-corrected chi connectivity index (χ2v) is 10.2. The minimum absolute atomic E-state index is 0.0884. The molecule has 1 nitrogen and oxygen atoms in total. The second kappa shape index (κ2) is 19.3. The van der Waals surface area contributed by atoms with Crippen LogP contribution in [-0.4, -0.2) is 13.2 Å². The molecule has 2 rings (SSSR count). The molecule has 0 bridgehead atoms. The molecule has 0 saturated heterocycles. The SMILES string of the molecule is C=CC(CCCCCCCCCOCCCCCCCCCC)(c1ccccc1)c1ccccc1. The van der Waals surface area contributed by atoms with E-state index in [0.717, 1.165) is 19.6 Å². The van der Waals surface area contributed by atoms with Crippen molar-refractivity contribution in [1.29, 1.82) is 0 Å². The summed E-state index contributed by atoms with van der Waals surface area (Å²) in [5, 5.41) is 0. The topological polar surface area (TPSA) is 9.23 Å². The van der Waals surface area contributed by atoms with Crippen LogP contribution in [0.3, 0.4) is 0 Å². The summed E-state index contributed by atoms with van der Waals surface area (Å²) in [5.41, 5.74) is 2.62. The van der Waals surface area contributed by atoms with Crippen molar-refractivity contribution < 1.29 is 4.74 Å². The fourth-order valence-corrected chi connectivity index (χ4v) is 5.20. The Bertz CT molecular complexity index is 696. The van der Waals surface area contributed by atoms with Crippen molar-refractivity contribution in [2.24, 2.45) is 0 Å². The van der Waals surface area contributed by atoms with Crippen LogP contribution in [0.5, 0.6) is 0 Å². The molecular weight excluding hydrogens is 424 g/mol. The first-order chi connectivity index (χ1) is 17.3. The lowest BCUT2D eigenvalue weighted by molar-refractivity contribution is 0.125. The highest BCUT2D eigenvalue weighted by molar-refractivity contribution is 5.43. The predicted molar refractivity (Wildman–Crippen MR) is 154 cm³/mol. The average Bonchev–Trinajstić information content (AvgIpc) is 2.91. The van der Waals surface area contributed by atoms with Crippen LogP contribution >= 0.6 is 0 Å².